The van der Waals surface area contributed by atoms with Gasteiger partial charge in [-0.2, -0.15) is 0 Å². The molecule has 3 atom stereocenters. The molecule has 1 N–H and O–H groups in total. The van der Waals surface area contributed by atoms with Gasteiger partial charge in [0.2, 0.25) is 11.8 Å². The van der Waals surface area contributed by atoms with Crippen molar-refractivity contribution in [2.24, 2.45) is 11.8 Å². The lowest BCUT2D eigenvalue weighted by molar-refractivity contribution is -0.142. The van der Waals surface area contributed by atoms with Crippen molar-refractivity contribution < 1.29 is 19.4 Å². The van der Waals surface area contributed by atoms with Crippen molar-refractivity contribution in [1.82, 2.24) is 4.90 Å². The molecule has 1 saturated heterocycles. The number of amides is 2. The van der Waals surface area contributed by atoms with Crippen LogP contribution in [0.3, 0.4) is 0 Å². The van der Waals surface area contributed by atoms with Gasteiger partial charge < -0.3 is 9.84 Å². The molecule has 1 aromatic rings. The lowest BCUT2D eigenvalue weighted by atomic mass is 9.81. The summed E-state index contributed by atoms with van der Waals surface area (Å²) < 4.78 is 5.48. The predicted octanol–water partition coefficient (Wildman–Crippen LogP) is 2.39. The number of hydrogen-bond donors (Lipinski definition) is 1. The Labute approximate surface area is 146 Å². The van der Waals surface area contributed by atoms with Crippen LogP contribution in [-0.2, 0) is 20.9 Å². The Morgan fingerprint density at radius 1 is 1.12 bits per heavy atom. The third-order valence-corrected chi connectivity index (χ3v) is 5.07. The van der Waals surface area contributed by atoms with Crippen LogP contribution in [0.1, 0.15) is 31.2 Å². The molecule has 2 aliphatic rings. The number of hydrogen-bond acceptors (Lipinski definition) is 4. The third-order valence-electron chi connectivity index (χ3n) is 4.82. The molecular formula is C18H22ClNO4. The van der Waals surface area contributed by atoms with Crippen LogP contribution in [0.4, 0.5) is 0 Å². The second kappa shape index (κ2) is 7.64. The van der Waals surface area contributed by atoms with Gasteiger partial charge in [0, 0.05) is 5.02 Å². The third kappa shape index (κ3) is 3.79. The SMILES string of the molecule is O=C1[C@@H]2CCCC[C@H]2C(=O)N1C[C@H](O)COCc1ccc(Cl)cc1. The van der Waals surface area contributed by atoms with Gasteiger partial charge in [-0.05, 0) is 30.5 Å². The molecule has 3 rings (SSSR count). The van der Waals surface area contributed by atoms with Gasteiger partial charge in [-0.15, -0.1) is 0 Å². The number of fused-ring (bicyclic) bond motifs is 1. The topological polar surface area (TPSA) is 66.8 Å². The van der Waals surface area contributed by atoms with Crippen LogP contribution < -0.4 is 0 Å². The zero-order chi connectivity index (χ0) is 17.1. The van der Waals surface area contributed by atoms with Gasteiger partial charge in [-0.25, -0.2) is 0 Å². The highest BCUT2D eigenvalue weighted by molar-refractivity contribution is 6.30. The average Bonchev–Trinajstić information content (AvgIpc) is 2.82. The van der Waals surface area contributed by atoms with E-state index in [-0.39, 0.29) is 36.8 Å². The number of halogens is 1. The molecule has 0 unspecified atom stereocenters. The van der Waals surface area contributed by atoms with Gasteiger partial charge in [-0.3, -0.25) is 14.5 Å². The number of aliphatic hydroxyl groups excluding tert-OH is 1. The van der Waals surface area contributed by atoms with Crippen molar-refractivity contribution >= 4 is 23.4 Å². The summed E-state index contributed by atoms with van der Waals surface area (Å²) in [5, 5.41) is 10.8. The minimum absolute atomic E-state index is 0.0191. The highest BCUT2D eigenvalue weighted by Gasteiger charge is 2.48. The van der Waals surface area contributed by atoms with Gasteiger partial charge in [0.1, 0.15) is 0 Å². The Bertz CT molecular complexity index is 580. The summed E-state index contributed by atoms with van der Waals surface area (Å²) in [4.78, 5) is 25.9. The minimum Gasteiger partial charge on any atom is -0.389 e. The monoisotopic (exact) mass is 351 g/mol. The lowest BCUT2D eigenvalue weighted by Gasteiger charge is -2.19. The van der Waals surface area contributed by atoms with Crippen LogP contribution in [0.15, 0.2) is 24.3 Å². The van der Waals surface area contributed by atoms with Gasteiger partial charge in [0.25, 0.3) is 0 Å². The van der Waals surface area contributed by atoms with Crippen molar-refractivity contribution in [2.75, 3.05) is 13.2 Å². The number of likely N-dealkylation sites (tertiary alicyclic amines) is 1. The molecule has 130 valence electrons. The van der Waals surface area contributed by atoms with Gasteiger partial charge >= 0.3 is 0 Å². The largest absolute Gasteiger partial charge is 0.389 e. The van der Waals surface area contributed by atoms with E-state index in [9.17, 15) is 14.7 Å². The first kappa shape index (κ1) is 17.4. The quantitative estimate of drug-likeness (QED) is 0.799. The standard InChI is InChI=1S/C18H22ClNO4/c19-13-7-5-12(6-8-13)10-24-11-14(21)9-20-17(22)15-3-1-2-4-16(15)18(20)23/h5-8,14-16,21H,1-4,9-11H2/t14-,15+,16+/m0/s1. The summed E-state index contributed by atoms with van der Waals surface area (Å²) in [5.74, 6) is -0.593. The number of benzene rings is 1. The lowest BCUT2D eigenvalue weighted by Crippen LogP contribution is -2.39. The van der Waals surface area contributed by atoms with Gasteiger partial charge in [0.15, 0.2) is 0 Å². The molecular weight excluding hydrogens is 330 g/mol. The first-order valence-electron chi connectivity index (χ1n) is 8.41. The summed E-state index contributed by atoms with van der Waals surface area (Å²) in [6, 6.07) is 7.26. The molecule has 6 heteroatoms. The van der Waals surface area contributed by atoms with Crippen LogP contribution in [0.25, 0.3) is 0 Å². The molecule has 0 bridgehead atoms. The fourth-order valence-electron chi connectivity index (χ4n) is 3.57. The zero-order valence-electron chi connectivity index (χ0n) is 13.5. The first-order valence-corrected chi connectivity index (χ1v) is 8.79. The van der Waals surface area contributed by atoms with Crippen molar-refractivity contribution in [3.05, 3.63) is 34.9 Å². The zero-order valence-corrected chi connectivity index (χ0v) is 14.2. The van der Waals surface area contributed by atoms with Crippen molar-refractivity contribution in [2.45, 2.75) is 38.4 Å². The Morgan fingerprint density at radius 3 is 2.29 bits per heavy atom. The van der Waals surface area contributed by atoms with Crippen molar-refractivity contribution in [1.29, 1.82) is 0 Å². The molecule has 1 aliphatic carbocycles. The maximum Gasteiger partial charge on any atom is 0.233 e. The predicted molar refractivity (Wildman–Crippen MR) is 89.3 cm³/mol. The molecule has 0 radical (unpaired) electrons. The summed E-state index contributed by atoms with van der Waals surface area (Å²) in [7, 11) is 0. The summed E-state index contributed by atoms with van der Waals surface area (Å²) in [6.45, 7) is 0.446. The number of β-amino-alcohol motifs (C(OH)–C–C–N with tert-alkyl or cyclic N) is 1. The Morgan fingerprint density at radius 2 is 1.71 bits per heavy atom. The molecule has 1 aliphatic heterocycles. The normalized spacial score (nSPS) is 25.0. The maximum atomic E-state index is 12.4. The molecule has 0 aromatic heterocycles. The first-order chi connectivity index (χ1) is 11.6. The van der Waals surface area contributed by atoms with E-state index >= 15 is 0 Å². The van der Waals surface area contributed by atoms with E-state index in [0.717, 1.165) is 31.2 Å². The fourth-order valence-corrected chi connectivity index (χ4v) is 3.69. The number of ether oxygens (including phenoxy) is 1. The molecule has 1 saturated carbocycles. The van der Waals surface area contributed by atoms with Crippen LogP contribution in [-0.4, -0.2) is 41.1 Å². The molecule has 1 aromatic carbocycles. The highest BCUT2D eigenvalue weighted by Crippen LogP contribution is 2.37. The van der Waals surface area contributed by atoms with Gasteiger partial charge in [-0.1, -0.05) is 36.6 Å². The second-order valence-corrected chi connectivity index (χ2v) is 7.02. The summed E-state index contributed by atoms with van der Waals surface area (Å²) in [5.41, 5.74) is 0.950. The highest BCUT2D eigenvalue weighted by atomic mass is 35.5. The molecule has 2 fully saturated rings. The van der Waals surface area contributed by atoms with Crippen LogP contribution >= 0.6 is 11.6 Å². The molecule has 24 heavy (non-hydrogen) atoms. The number of aliphatic hydroxyl groups is 1. The molecule has 0 spiro atoms. The maximum absolute atomic E-state index is 12.4. The van der Waals surface area contributed by atoms with E-state index in [1.807, 2.05) is 12.1 Å². The second-order valence-electron chi connectivity index (χ2n) is 6.58. The number of rotatable bonds is 6. The van der Waals surface area contributed by atoms with Gasteiger partial charge in [0.05, 0.1) is 37.7 Å². The molecule has 2 amide bonds. The fraction of sp³-hybridized carbons (Fsp3) is 0.556. The van der Waals surface area contributed by atoms with E-state index in [1.165, 1.54) is 4.90 Å². The van der Waals surface area contributed by atoms with Crippen LogP contribution in [0.5, 0.6) is 0 Å². The smallest absolute Gasteiger partial charge is 0.233 e. The van der Waals surface area contributed by atoms with Crippen molar-refractivity contribution in [3.63, 3.8) is 0 Å². The minimum atomic E-state index is -0.870. The van der Waals surface area contributed by atoms with Crippen LogP contribution in [0, 0.1) is 11.8 Å². The van der Waals surface area contributed by atoms with Crippen LogP contribution in [0.2, 0.25) is 5.02 Å². The van der Waals surface area contributed by atoms with E-state index in [2.05, 4.69) is 0 Å². The number of carbonyl (C=O) groups excluding carboxylic acids is 2. The Hall–Kier alpha value is -1.43. The van der Waals surface area contributed by atoms with E-state index < -0.39 is 6.10 Å². The van der Waals surface area contributed by atoms with E-state index in [1.54, 1.807) is 12.1 Å². The van der Waals surface area contributed by atoms with Crippen molar-refractivity contribution in [3.8, 4) is 0 Å². The number of carbonyl (C=O) groups is 2. The summed E-state index contributed by atoms with van der Waals surface area (Å²) in [6.07, 6.45) is 2.70. The Balaban J connectivity index is 1.47. The van der Waals surface area contributed by atoms with E-state index in [0.29, 0.717) is 11.6 Å². The molecule has 5 nitrogen and oxygen atoms in total. The number of imide groups is 1. The van der Waals surface area contributed by atoms with E-state index in [4.69, 9.17) is 16.3 Å². The Kier molecular flexibility index (Phi) is 5.54. The molecule has 1 heterocycles. The number of nitrogens with zero attached hydrogens (tertiary/aromatic N) is 1. The summed E-state index contributed by atoms with van der Waals surface area (Å²) >= 11 is 5.82. The average molecular weight is 352 g/mol.